The zero-order valence-electron chi connectivity index (χ0n) is 16.7. The number of carbonyl (C=O) groups is 1. The van der Waals surface area contributed by atoms with Crippen LogP contribution in [0.4, 0.5) is 14.6 Å². The number of nitrogens with zero attached hydrogens (tertiary/aromatic N) is 4. The minimum Gasteiger partial charge on any atom is -0.507 e. The van der Waals surface area contributed by atoms with Gasteiger partial charge >= 0.3 is 0 Å². The van der Waals surface area contributed by atoms with E-state index in [0.29, 0.717) is 30.8 Å². The molecule has 1 aliphatic carbocycles. The molecule has 9 heteroatoms. The van der Waals surface area contributed by atoms with Gasteiger partial charge in [-0.3, -0.25) is 4.79 Å². The van der Waals surface area contributed by atoms with Gasteiger partial charge in [0.1, 0.15) is 29.2 Å². The lowest BCUT2D eigenvalue weighted by molar-refractivity contribution is -0.132. The van der Waals surface area contributed by atoms with E-state index in [0.717, 1.165) is 18.9 Å². The van der Waals surface area contributed by atoms with Crippen molar-refractivity contribution < 1.29 is 18.7 Å². The van der Waals surface area contributed by atoms with Gasteiger partial charge in [-0.2, -0.15) is 0 Å². The normalized spacial score (nSPS) is 17.4. The zero-order chi connectivity index (χ0) is 21.9. The second-order valence-corrected chi connectivity index (χ2v) is 8.50. The van der Waals surface area contributed by atoms with Crippen LogP contribution >= 0.6 is 11.6 Å². The van der Waals surface area contributed by atoms with Gasteiger partial charge in [0.2, 0.25) is 5.91 Å². The van der Waals surface area contributed by atoms with Gasteiger partial charge in [0.05, 0.1) is 16.1 Å². The maximum absolute atomic E-state index is 15.5. The Bertz CT molecular complexity index is 1210. The Labute approximate surface area is 182 Å². The number of hydrogen-bond acceptors (Lipinski definition) is 5. The van der Waals surface area contributed by atoms with Gasteiger partial charge in [-0.1, -0.05) is 17.7 Å². The lowest BCUT2D eigenvalue weighted by Gasteiger charge is -2.42. The highest BCUT2D eigenvalue weighted by atomic mass is 35.5. The molecule has 160 valence electrons. The average Bonchev–Trinajstić information content (AvgIpc) is 3.48. The van der Waals surface area contributed by atoms with Crippen LogP contribution in [0.2, 0.25) is 5.02 Å². The Balaban J connectivity index is 1.62. The van der Waals surface area contributed by atoms with Crippen LogP contribution in [0.25, 0.3) is 22.0 Å². The van der Waals surface area contributed by atoms with Crippen molar-refractivity contribution in [2.45, 2.75) is 25.3 Å². The third-order valence-corrected chi connectivity index (χ3v) is 6.50. The maximum Gasteiger partial charge on any atom is 0.220 e. The molecule has 0 bridgehead atoms. The fraction of sp³-hybridized carbons (Fsp3) is 0.318. The van der Waals surface area contributed by atoms with Crippen LogP contribution in [0, 0.1) is 11.6 Å². The van der Waals surface area contributed by atoms with Crippen molar-refractivity contribution in [3.05, 3.63) is 47.2 Å². The molecule has 1 aromatic heterocycles. The second-order valence-electron chi connectivity index (χ2n) is 8.09. The highest BCUT2D eigenvalue weighted by molar-refractivity contribution is 6.34. The quantitative estimate of drug-likeness (QED) is 0.643. The van der Waals surface area contributed by atoms with Gasteiger partial charge in [-0.25, -0.2) is 18.7 Å². The molecular formula is C22H19ClF2N4O2. The Morgan fingerprint density at radius 1 is 1.19 bits per heavy atom. The molecule has 2 aliphatic rings. The van der Waals surface area contributed by atoms with E-state index in [1.165, 1.54) is 24.5 Å². The van der Waals surface area contributed by atoms with Crippen molar-refractivity contribution in [3.63, 3.8) is 0 Å². The van der Waals surface area contributed by atoms with Gasteiger partial charge in [0, 0.05) is 37.5 Å². The van der Waals surface area contributed by atoms with Gasteiger partial charge in [-0.05, 0) is 31.0 Å². The molecule has 1 aliphatic heterocycles. The van der Waals surface area contributed by atoms with Gasteiger partial charge in [-0.15, -0.1) is 0 Å². The van der Waals surface area contributed by atoms with E-state index in [1.54, 1.807) is 6.92 Å². The van der Waals surface area contributed by atoms with E-state index < -0.39 is 17.4 Å². The van der Waals surface area contributed by atoms with E-state index in [1.807, 2.05) is 9.80 Å². The Kier molecular flexibility index (Phi) is 4.51. The molecule has 1 N–H and O–H groups in total. The van der Waals surface area contributed by atoms with Crippen LogP contribution < -0.4 is 4.90 Å². The summed E-state index contributed by atoms with van der Waals surface area (Å²) in [6.07, 6.45) is 3.09. The molecule has 6 nitrogen and oxygen atoms in total. The number of rotatable bonds is 2. The van der Waals surface area contributed by atoms with Crippen molar-refractivity contribution in [3.8, 4) is 16.9 Å². The number of phenolic OH excluding ortho intramolecular Hbond substituents is 1. The standard InChI is InChI=1S/C22H19ClF2N4O2/c1-12(30)29-8-7-28(10-22(29)5-6-22)21-13-9-14(23)17(19(25)20(13)26-11-27-21)18-15(24)3-2-4-16(18)31/h2-4,9,11,31H,5-8,10H2,1H3. The van der Waals surface area contributed by atoms with Crippen LogP contribution in [0.1, 0.15) is 19.8 Å². The lowest BCUT2D eigenvalue weighted by atomic mass is 10.0. The molecule has 1 saturated heterocycles. The van der Waals surface area contributed by atoms with E-state index in [4.69, 9.17) is 11.6 Å². The van der Waals surface area contributed by atoms with Crippen LogP contribution in [0.15, 0.2) is 30.6 Å². The monoisotopic (exact) mass is 444 g/mol. The zero-order valence-corrected chi connectivity index (χ0v) is 17.5. The number of piperazine rings is 1. The van der Waals surface area contributed by atoms with Gasteiger partial charge in [0.15, 0.2) is 5.82 Å². The molecule has 1 spiro atoms. The maximum atomic E-state index is 15.5. The first-order valence-electron chi connectivity index (χ1n) is 9.96. The molecule has 3 aromatic rings. The molecule has 31 heavy (non-hydrogen) atoms. The summed E-state index contributed by atoms with van der Waals surface area (Å²) >= 11 is 6.39. The molecule has 2 fully saturated rings. The second kappa shape index (κ2) is 7.02. The molecule has 2 heterocycles. The first kappa shape index (κ1) is 19.9. The van der Waals surface area contributed by atoms with Crippen molar-refractivity contribution >= 4 is 34.2 Å². The number of halogens is 3. The number of carbonyl (C=O) groups excluding carboxylic acids is 1. The van der Waals surface area contributed by atoms with E-state index in [9.17, 15) is 14.3 Å². The molecule has 0 radical (unpaired) electrons. The van der Waals surface area contributed by atoms with Crippen molar-refractivity contribution in [1.29, 1.82) is 0 Å². The van der Waals surface area contributed by atoms with Crippen LogP contribution in [0.3, 0.4) is 0 Å². The van der Waals surface area contributed by atoms with Crippen LogP contribution in [-0.2, 0) is 4.79 Å². The van der Waals surface area contributed by atoms with Crippen molar-refractivity contribution in [2.75, 3.05) is 24.5 Å². The molecule has 0 atom stereocenters. The summed E-state index contributed by atoms with van der Waals surface area (Å²) in [5.41, 5.74) is -0.762. The number of aromatic hydroxyl groups is 1. The molecule has 1 amide bonds. The summed E-state index contributed by atoms with van der Waals surface area (Å²) in [5, 5.41) is 10.5. The highest BCUT2D eigenvalue weighted by Crippen LogP contribution is 2.46. The largest absolute Gasteiger partial charge is 0.507 e. The number of fused-ring (bicyclic) bond motifs is 1. The SMILES string of the molecule is CC(=O)N1CCN(c2ncnc3c(F)c(-c4c(O)cccc4F)c(Cl)cc23)CC12CC2. The molecular weight excluding hydrogens is 426 g/mol. The Morgan fingerprint density at radius 2 is 1.97 bits per heavy atom. The predicted octanol–water partition coefficient (Wildman–Crippen LogP) is 4.14. The predicted molar refractivity (Wildman–Crippen MR) is 113 cm³/mol. The molecule has 0 unspecified atom stereocenters. The smallest absolute Gasteiger partial charge is 0.220 e. The summed E-state index contributed by atoms with van der Waals surface area (Å²) in [5.74, 6) is -1.45. The molecule has 1 saturated carbocycles. The van der Waals surface area contributed by atoms with Crippen molar-refractivity contribution in [2.24, 2.45) is 0 Å². The third kappa shape index (κ3) is 3.08. The molecule has 5 rings (SSSR count). The van der Waals surface area contributed by atoms with E-state index >= 15 is 4.39 Å². The minimum absolute atomic E-state index is 0.00843. The fourth-order valence-corrected chi connectivity index (χ4v) is 4.87. The van der Waals surface area contributed by atoms with Gasteiger partial charge in [0.25, 0.3) is 0 Å². The highest BCUT2D eigenvalue weighted by Gasteiger charge is 2.52. The van der Waals surface area contributed by atoms with Crippen molar-refractivity contribution in [1.82, 2.24) is 14.9 Å². The first-order valence-corrected chi connectivity index (χ1v) is 10.3. The first-order chi connectivity index (χ1) is 14.8. The number of benzene rings is 2. The summed E-state index contributed by atoms with van der Waals surface area (Å²) in [4.78, 5) is 24.4. The lowest BCUT2D eigenvalue weighted by Crippen LogP contribution is -2.56. The van der Waals surface area contributed by atoms with E-state index in [-0.39, 0.29) is 33.1 Å². The summed E-state index contributed by atoms with van der Waals surface area (Å²) in [6, 6.07) is 5.24. The summed E-state index contributed by atoms with van der Waals surface area (Å²) in [6.45, 7) is 3.26. The van der Waals surface area contributed by atoms with Crippen LogP contribution in [-0.4, -0.2) is 51.1 Å². The molecule has 2 aromatic carbocycles. The number of aromatic nitrogens is 2. The van der Waals surface area contributed by atoms with Crippen LogP contribution in [0.5, 0.6) is 5.75 Å². The topological polar surface area (TPSA) is 69.6 Å². The third-order valence-electron chi connectivity index (χ3n) is 6.20. The Morgan fingerprint density at radius 3 is 2.65 bits per heavy atom. The Hall–Kier alpha value is -3.00. The van der Waals surface area contributed by atoms with Gasteiger partial charge < -0.3 is 14.9 Å². The number of anilines is 1. The number of hydrogen-bond donors (Lipinski definition) is 1. The number of phenols is 1. The average molecular weight is 445 g/mol. The fourth-order valence-electron chi connectivity index (χ4n) is 4.58. The minimum atomic E-state index is -0.824. The van der Waals surface area contributed by atoms with E-state index in [2.05, 4.69) is 9.97 Å². The summed E-state index contributed by atoms with van der Waals surface area (Å²) in [7, 11) is 0. The number of amides is 1. The summed E-state index contributed by atoms with van der Waals surface area (Å²) < 4.78 is 29.9.